The minimum atomic E-state index is -0.571. The van der Waals surface area contributed by atoms with Crippen molar-refractivity contribution in [2.75, 3.05) is 12.4 Å². The van der Waals surface area contributed by atoms with Gasteiger partial charge >= 0.3 is 0 Å². The predicted octanol–water partition coefficient (Wildman–Crippen LogP) is 0.587. The lowest BCUT2D eigenvalue weighted by Crippen LogP contribution is -2.42. The third-order valence-corrected chi connectivity index (χ3v) is 2.92. The summed E-state index contributed by atoms with van der Waals surface area (Å²) in [4.78, 5) is 8.26. The second-order valence-electron chi connectivity index (χ2n) is 3.64. The van der Waals surface area contributed by atoms with E-state index in [0.717, 1.165) is 5.56 Å². The van der Waals surface area contributed by atoms with Gasteiger partial charge in [0.05, 0.1) is 6.61 Å². The van der Waals surface area contributed by atoms with Gasteiger partial charge in [-0.15, -0.1) is 0 Å². The fourth-order valence-electron chi connectivity index (χ4n) is 0.730. The summed E-state index contributed by atoms with van der Waals surface area (Å²) in [6.07, 6.45) is 3.53. The van der Waals surface area contributed by atoms with Crippen molar-refractivity contribution in [2.24, 2.45) is 5.73 Å². The molecule has 0 aliphatic heterocycles. The minimum absolute atomic E-state index is 0.0359. The normalized spacial score (nSPS) is 15.1. The fourth-order valence-corrected chi connectivity index (χ4v) is 1.53. The molecular formula is C9H15N3OS. The fraction of sp³-hybridized carbons (Fsp3) is 0.556. The van der Waals surface area contributed by atoms with Gasteiger partial charge in [-0.05, 0) is 19.4 Å². The Kier molecular flexibility index (Phi) is 3.86. The van der Waals surface area contributed by atoms with Gasteiger partial charge in [0.25, 0.3) is 0 Å². The van der Waals surface area contributed by atoms with Crippen LogP contribution in [0.5, 0.6) is 0 Å². The molecule has 1 rings (SSSR count). The van der Waals surface area contributed by atoms with Crippen molar-refractivity contribution in [3.63, 3.8) is 0 Å². The van der Waals surface area contributed by atoms with Crippen molar-refractivity contribution >= 4 is 11.8 Å². The van der Waals surface area contributed by atoms with E-state index < -0.39 is 5.54 Å². The van der Waals surface area contributed by atoms with Crippen molar-refractivity contribution in [1.29, 1.82) is 0 Å². The highest BCUT2D eigenvalue weighted by Crippen LogP contribution is 2.16. The molecule has 0 aromatic carbocycles. The molecule has 78 valence electrons. The number of nitrogens with two attached hydrogens (primary N) is 1. The van der Waals surface area contributed by atoms with E-state index in [9.17, 15) is 0 Å². The maximum atomic E-state index is 8.94. The summed E-state index contributed by atoms with van der Waals surface area (Å²) in [7, 11) is 0. The summed E-state index contributed by atoms with van der Waals surface area (Å²) in [5.74, 6) is 0.604. The number of hydrogen-bond donors (Lipinski definition) is 2. The lowest BCUT2D eigenvalue weighted by molar-refractivity contribution is 0.224. The largest absolute Gasteiger partial charge is 0.394 e. The topological polar surface area (TPSA) is 72.0 Å². The number of nitrogens with zero attached hydrogens (tertiary/aromatic N) is 2. The van der Waals surface area contributed by atoms with Crippen LogP contribution in [0, 0.1) is 6.92 Å². The Morgan fingerprint density at radius 2 is 2.07 bits per heavy atom. The van der Waals surface area contributed by atoms with Gasteiger partial charge < -0.3 is 10.8 Å². The quantitative estimate of drug-likeness (QED) is 0.565. The summed E-state index contributed by atoms with van der Waals surface area (Å²) < 4.78 is 0. The van der Waals surface area contributed by atoms with Crippen LogP contribution in [0.4, 0.5) is 0 Å². The SMILES string of the molecule is Cc1cnc(SCC(C)(N)CO)nc1. The van der Waals surface area contributed by atoms with E-state index in [4.69, 9.17) is 10.8 Å². The zero-order chi connectivity index (χ0) is 10.6. The highest BCUT2D eigenvalue weighted by molar-refractivity contribution is 7.99. The number of aliphatic hydroxyl groups is 1. The van der Waals surface area contributed by atoms with E-state index in [-0.39, 0.29) is 6.61 Å². The van der Waals surface area contributed by atoms with Gasteiger partial charge in [-0.3, -0.25) is 0 Å². The molecule has 0 fully saturated rings. The van der Waals surface area contributed by atoms with E-state index in [1.807, 2.05) is 6.92 Å². The Bertz CT molecular complexity index is 287. The number of aliphatic hydroxyl groups excluding tert-OH is 1. The Morgan fingerprint density at radius 3 is 2.57 bits per heavy atom. The molecule has 5 heteroatoms. The Labute approximate surface area is 88.0 Å². The van der Waals surface area contributed by atoms with E-state index in [0.29, 0.717) is 10.9 Å². The number of thioether (sulfide) groups is 1. The summed E-state index contributed by atoms with van der Waals surface area (Å²) in [5, 5.41) is 9.63. The van der Waals surface area contributed by atoms with Crippen LogP contribution in [0.3, 0.4) is 0 Å². The van der Waals surface area contributed by atoms with Crippen LogP contribution in [0.1, 0.15) is 12.5 Å². The van der Waals surface area contributed by atoms with Crippen LogP contribution in [0.15, 0.2) is 17.6 Å². The average Bonchev–Trinajstić information content (AvgIpc) is 2.17. The van der Waals surface area contributed by atoms with Crippen LogP contribution >= 0.6 is 11.8 Å². The third kappa shape index (κ3) is 3.61. The molecule has 14 heavy (non-hydrogen) atoms. The first-order valence-corrected chi connectivity index (χ1v) is 5.33. The first-order chi connectivity index (χ1) is 6.53. The molecule has 3 N–H and O–H groups in total. The van der Waals surface area contributed by atoms with Crippen LogP contribution in [0.2, 0.25) is 0 Å². The second kappa shape index (κ2) is 4.72. The lowest BCUT2D eigenvalue weighted by Gasteiger charge is -2.19. The molecule has 0 bridgehead atoms. The van der Waals surface area contributed by atoms with Crippen LogP contribution in [0.25, 0.3) is 0 Å². The van der Waals surface area contributed by atoms with Crippen LogP contribution in [-0.4, -0.2) is 33.0 Å². The van der Waals surface area contributed by atoms with Gasteiger partial charge in [-0.25, -0.2) is 9.97 Å². The maximum Gasteiger partial charge on any atom is 0.187 e. The predicted molar refractivity (Wildman–Crippen MR) is 57.2 cm³/mol. The molecule has 1 aromatic heterocycles. The van der Waals surface area contributed by atoms with Gasteiger partial charge in [0.1, 0.15) is 0 Å². The van der Waals surface area contributed by atoms with Crippen molar-refractivity contribution < 1.29 is 5.11 Å². The molecule has 0 saturated carbocycles. The molecule has 1 aromatic rings. The van der Waals surface area contributed by atoms with E-state index in [1.54, 1.807) is 19.3 Å². The molecule has 1 heterocycles. The summed E-state index contributed by atoms with van der Waals surface area (Å²) in [6.45, 7) is 3.70. The summed E-state index contributed by atoms with van der Waals surface area (Å²) in [5.41, 5.74) is 6.23. The molecule has 4 nitrogen and oxygen atoms in total. The van der Waals surface area contributed by atoms with Gasteiger partial charge in [-0.1, -0.05) is 11.8 Å². The third-order valence-electron chi connectivity index (χ3n) is 1.65. The van der Waals surface area contributed by atoms with Gasteiger partial charge in [0, 0.05) is 23.7 Å². The zero-order valence-electron chi connectivity index (χ0n) is 8.40. The van der Waals surface area contributed by atoms with Crippen LogP contribution < -0.4 is 5.73 Å². The van der Waals surface area contributed by atoms with E-state index in [2.05, 4.69) is 9.97 Å². The second-order valence-corrected chi connectivity index (χ2v) is 4.59. The van der Waals surface area contributed by atoms with Gasteiger partial charge in [-0.2, -0.15) is 0 Å². The van der Waals surface area contributed by atoms with Gasteiger partial charge in [0.2, 0.25) is 0 Å². The standard InChI is InChI=1S/C9H15N3OS/c1-7-3-11-8(12-4-7)14-6-9(2,10)5-13/h3-4,13H,5-6,10H2,1-2H3. The molecule has 0 aliphatic rings. The van der Waals surface area contributed by atoms with Crippen molar-refractivity contribution in [3.05, 3.63) is 18.0 Å². The monoisotopic (exact) mass is 213 g/mol. The van der Waals surface area contributed by atoms with E-state index in [1.165, 1.54) is 11.8 Å². The highest BCUT2D eigenvalue weighted by Gasteiger charge is 2.17. The molecule has 0 spiro atoms. The minimum Gasteiger partial charge on any atom is -0.394 e. The smallest absolute Gasteiger partial charge is 0.187 e. The van der Waals surface area contributed by atoms with Crippen molar-refractivity contribution in [2.45, 2.75) is 24.5 Å². The molecular weight excluding hydrogens is 198 g/mol. The molecule has 0 saturated heterocycles. The maximum absolute atomic E-state index is 8.94. The Balaban J connectivity index is 2.50. The average molecular weight is 213 g/mol. The zero-order valence-corrected chi connectivity index (χ0v) is 9.21. The summed E-state index contributed by atoms with van der Waals surface area (Å²) in [6, 6.07) is 0. The first-order valence-electron chi connectivity index (χ1n) is 4.35. The lowest BCUT2D eigenvalue weighted by atomic mass is 10.1. The molecule has 1 atom stereocenters. The molecule has 0 amide bonds. The van der Waals surface area contributed by atoms with Crippen molar-refractivity contribution in [3.8, 4) is 0 Å². The number of aryl methyl sites for hydroxylation is 1. The number of rotatable bonds is 4. The molecule has 1 unspecified atom stereocenters. The number of aromatic nitrogens is 2. The Morgan fingerprint density at radius 1 is 1.50 bits per heavy atom. The summed E-state index contributed by atoms with van der Waals surface area (Å²) >= 11 is 1.45. The molecule has 0 radical (unpaired) electrons. The molecule has 0 aliphatic carbocycles. The Hall–Kier alpha value is -0.650. The van der Waals surface area contributed by atoms with E-state index >= 15 is 0 Å². The number of hydrogen-bond acceptors (Lipinski definition) is 5. The van der Waals surface area contributed by atoms with Gasteiger partial charge in [0.15, 0.2) is 5.16 Å². The first kappa shape index (κ1) is 11.4. The van der Waals surface area contributed by atoms with Crippen molar-refractivity contribution in [1.82, 2.24) is 9.97 Å². The van der Waals surface area contributed by atoms with Crippen LogP contribution in [-0.2, 0) is 0 Å². The highest BCUT2D eigenvalue weighted by atomic mass is 32.2.